The minimum absolute atomic E-state index is 0.136. The van der Waals surface area contributed by atoms with Crippen LogP contribution in [-0.4, -0.2) is 0 Å². The second-order valence-corrected chi connectivity index (χ2v) is 5.88. The number of fused-ring (bicyclic) bond motifs is 1. The number of nitrogens with two attached hydrogens (primary N) is 1. The molecule has 98 valence electrons. The van der Waals surface area contributed by atoms with E-state index in [0.717, 1.165) is 18.4 Å². The van der Waals surface area contributed by atoms with Gasteiger partial charge in [-0.15, -0.1) is 0 Å². The summed E-state index contributed by atoms with van der Waals surface area (Å²) in [6, 6.07) is 13.4. The van der Waals surface area contributed by atoms with Gasteiger partial charge in [-0.2, -0.15) is 0 Å². The fourth-order valence-corrected chi connectivity index (χ4v) is 3.37. The summed E-state index contributed by atoms with van der Waals surface area (Å²) in [4.78, 5) is 0. The molecule has 0 amide bonds. The van der Waals surface area contributed by atoms with Crippen LogP contribution in [-0.2, 0) is 6.42 Å². The Labute approximate surface area is 120 Å². The molecule has 2 unspecified atom stereocenters. The monoisotopic (exact) mass is 319 g/mol. The van der Waals surface area contributed by atoms with E-state index < -0.39 is 0 Å². The molecule has 0 saturated heterocycles. The third-order valence-electron chi connectivity index (χ3n) is 3.88. The highest BCUT2D eigenvalue weighted by Gasteiger charge is 2.28. The van der Waals surface area contributed by atoms with E-state index in [1.165, 1.54) is 17.2 Å². The van der Waals surface area contributed by atoms with Gasteiger partial charge in [0.2, 0.25) is 0 Å². The fraction of sp³-hybridized carbons (Fsp3) is 0.250. The van der Waals surface area contributed by atoms with Gasteiger partial charge in [0, 0.05) is 6.04 Å². The summed E-state index contributed by atoms with van der Waals surface area (Å²) >= 11 is 3.29. The molecule has 3 heteroatoms. The van der Waals surface area contributed by atoms with Gasteiger partial charge in [-0.3, -0.25) is 0 Å². The highest BCUT2D eigenvalue weighted by atomic mass is 79.9. The van der Waals surface area contributed by atoms with Gasteiger partial charge in [-0.1, -0.05) is 36.4 Å². The number of rotatable bonds is 3. The lowest BCUT2D eigenvalue weighted by molar-refractivity contribution is 0.494. The summed E-state index contributed by atoms with van der Waals surface area (Å²) in [5.74, 6) is 0.253. The van der Waals surface area contributed by atoms with E-state index >= 15 is 0 Å². The van der Waals surface area contributed by atoms with Crippen LogP contribution in [0.4, 0.5) is 4.39 Å². The topological polar surface area (TPSA) is 26.0 Å². The largest absolute Gasteiger partial charge is 0.324 e. The first kappa shape index (κ1) is 12.8. The van der Waals surface area contributed by atoms with E-state index in [9.17, 15) is 4.39 Å². The molecule has 2 N–H and O–H groups in total. The second-order valence-electron chi connectivity index (χ2n) is 5.09. The van der Waals surface area contributed by atoms with Crippen LogP contribution in [0, 0.1) is 5.82 Å². The summed E-state index contributed by atoms with van der Waals surface area (Å²) in [5.41, 5.74) is 9.90. The molecular weight excluding hydrogens is 305 g/mol. The molecule has 0 radical (unpaired) electrons. The number of halogens is 2. The third-order valence-corrected chi connectivity index (χ3v) is 4.72. The zero-order chi connectivity index (χ0) is 13.4. The van der Waals surface area contributed by atoms with E-state index in [0.29, 0.717) is 10.4 Å². The Kier molecular flexibility index (Phi) is 3.42. The lowest BCUT2D eigenvalue weighted by atomic mass is 9.74. The first-order valence-electron chi connectivity index (χ1n) is 6.44. The summed E-state index contributed by atoms with van der Waals surface area (Å²) < 4.78 is 14.0. The van der Waals surface area contributed by atoms with Gasteiger partial charge in [0.25, 0.3) is 0 Å². The maximum atomic E-state index is 13.5. The molecule has 3 rings (SSSR count). The van der Waals surface area contributed by atoms with Crippen LogP contribution in [0.5, 0.6) is 0 Å². The normalized spacial score (nSPS) is 18.6. The predicted octanol–water partition coefficient (Wildman–Crippen LogP) is 4.32. The molecule has 1 nitrogen and oxygen atoms in total. The molecule has 2 aromatic rings. The molecule has 19 heavy (non-hydrogen) atoms. The number of hydrogen-bond acceptors (Lipinski definition) is 1. The molecule has 1 aliphatic carbocycles. The highest BCUT2D eigenvalue weighted by molar-refractivity contribution is 9.10. The molecule has 0 aromatic heterocycles. The van der Waals surface area contributed by atoms with Crippen LogP contribution in [0.3, 0.4) is 0 Å². The van der Waals surface area contributed by atoms with Crippen LogP contribution >= 0.6 is 15.9 Å². The van der Waals surface area contributed by atoms with Crippen LogP contribution in [0.1, 0.15) is 35.1 Å². The Bertz CT molecular complexity index is 611. The second kappa shape index (κ2) is 5.06. The molecule has 0 saturated carbocycles. The average Bonchev–Trinajstić information content (AvgIpc) is 2.39. The molecule has 1 aliphatic rings. The zero-order valence-electron chi connectivity index (χ0n) is 10.4. The quantitative estimate of drug-likeness (QED) is 0.895. The van der Waals surface area contributed by atoms with Gasteiger partial charge < -0.3 is 5.73 Å². The number of benzene rings is 2. The van der Waals surface area contributed by atoms with Gasteiger partial charge >= 0.3 is 0 Å². The van der Waals surface area contributed by atoms with Gasteiger partial charge in [-0.25, -0.2) is 4.39 Å². The molecule has 0 spiro atoms. The minimum Gasteiger partial charge on any atom is -0.324 e. The van der Waals surface area contributed by atoms with E-state index in [2.05, 4.69) is 40.2 Å². The van der Waals surface area contributed by atoms with Crippen molar-refractivity contribution in [2.24, 2.45) is 5.73 Å². The maximum Gasteiger partial charge on any atom is 0.137 e. The molecule has 2 atom stereocenters. The zero-order valence-corrected chi connectivity index (χ0v) is 12.0. The van der Waals surface area contributed by atoms with Crippen molar-refractivity contribution in [1.29, 1.82) is 0 Å². The molecule has 0 aliphatic heterocycles. The van der Waals surface area contributed by atoms with Crippen molar-refractivity contribution in [3.8, 4) is 0 Å². The third kappa shape index (κ3) is 2.33. The maximum absolute atomic E-state index is 13.5. The van der Waals surface area contributed by atoms with Crippen LogP contribution < -0.4 is 5.73 Å². The van der Waals surface area contributed by atoms with Gasteiger partial charge in [0.05, 0.1) is 4.47 Å². The van der Waals surface area contributed by atoms with E-state index in [4.69, 9.17) is 5.73 Å². The Morgan fingerprint density at radius 2 is 2.00 bits per heavy atom. The summed E-state index contributed by atoms with van der Waals surface area (Å²) in [6.07, 6.45) is 1.94. The van der Waals surface area contributed by atoms with Crippen molar-refractivity contribution in [3.63, 3.8) is 0 Å². The van der Waals surface area contributed by atoms with Gasteiger partial charge in [0.15, 0.2) is 0 Å². The molecule has 0 bridgehead atoms. The van der Waals surface area contributed by atoms with Crippen molar-refractivity contribution in [2.45, 2.75) is 24.8 Å². The molecule has 2 aromatic carbocycles. The molecular formula is C16H15BrFN. The lowest BCUT2D eigenvalue weighted by Gasteiger charge is -2.32. The average molecular weight is 320 g/mol. The summed E-state index contributed by atoms with van der Waals surface area (Å²) in [6.45, 7) is 0. The first-order valence-corrected chi connectivity index (χ1v) is 7.23. The van der Waals surface area contributed by atoms with Crippen LogP contribution in [0.25, 0.3) is 0 Å². The fourth-order valence-electron chi connectivity index (χ4n) is 2.81. The molecule has 0 fully saturated rings. The van der Waals surface area contributed by atoms with Crippen LogP contribution in [0.2, 0.25) is 0 Å². The van der Waals surface area contributed by atoms with Crippen molar-refractivity contribution < 1.29 is 4.39 Å². The predicted molar refractivity (Wildman–Crippen MR) is 78.5 cm³/mol. The van der Waals surface area contributed by atoms with E-state index in [-0.39, 0.29) is 11.9 Å². The van der Waals surface area contributed by atoms with E-state index in [1.54, 1.807) is 6.07 Å². The SMILES string of the molecule is NC(CC1Cc2ccccc21)c1cccc(F)c1Br. The smallest absolute Gasteiger partial charge is 0.137 e. The minimum atomic E-state index is -0.248. The Hall–Kier alpha value is -1.19. The summed E-state index contributed by atoms with van der Waals surface area (Å²) in [7, 11) is 0. The van der Waals surface area contributed by atoms with Crippen molar-refractivity contribution in [3.05, 3.63) is 69.4 Å². The van der Waals surface area contributed by atoms with Gasteiger partial charge in [0.1, 0.15) is 5.82 Å². The van der Waals surface area contributed by atoms with E-state index in [1.807, 2.05) is 6.07 Å². The van der Waals surface area contributed by atoms with Crippen molar-refractivity contribution in [2.75, 3.05) is 0 Å². The summed E-state index contributed by atoms with van der Waals surface area (Å²) in [5, 5.41) is 0. The Morgan fingerprint density at radius 3 is 2.79 bits per heavy atom. The number of hydrogen-bond donors (Lipinski definition) is 1. The highest BCUT2D eigenvalue weighted by Crippen LogP contribution is 2.41. The Balaban J connectivity index is 1.77. The van der Waals surface area contributed by atoms with Crippen molar-refractivity contribution >= 4 is 15.9 Å². The Morgan fingerprint density at radius 1 is 1.21 bits per heavy atom. The first-order chi connectivity index (χ1) is 9.16. The lowest BCUT2D eigenvalue weighted by Crippen LogP contribution is -2.23. The van der Waals surface area contributed by atoms with Crippen LogP contribution in [0.15, 0.2) is 46.9 Å². The van der Waals surface area contributed by atoms with Gasteiger partial charge in [-0.05, 0) is 57.4 Å². The van der Waals surface area contributed by atoms with Crippen molar-refractivity contribution in [1.82, 2.24) is 0 Å². The molecule has 0 heterocycles. The standard InChI is InChI=1S/C16H15BrFN/c17-16-13(6-3-7-14(16)18)15(19)9-11-8-10-4-1-2-5-12(10)11/h1-7,11,15H,8-9,19H2.